The third-order valence-electron chi connectivity index (χ3n) is 5.64. The number of carbonyl (C=O) groups excluding carboxylic acids is 1. The monoisotopic (exact) mass is 296 g/mol. The second-order valence-corrected chi connectivity index (χ2v) is 7.09. The van der Waals surface area contributed by atoms with Gasteiger partial charge >= 0.3 is 5.97 Å². The van der Waals surface area contributed by atoms with Crippen LogP contribution in [-0.2, 0) is 9.53 Å². The standard InChI is InChI=1S/C17H32N2O2/c1-5-18-17(16(20)21-4)10-9-15(12-17)19(3)14-8-6-7-13(2)11-14/h13-15,18H,5-12H2,1-4H3. The van der Waals surface area contributed by atoms with Gasteiger partial charge in [0.2, 0.25) is 0 Å². The lowest BCUT2D eigenvalue weighted by atomic mass is 9.85. The number of carbonyl (C=O) groups is 1. The van der Waals surface area contributed by atoms with Crippen LogP contribution in [0.3, 0.4) is 0 Å². The number of likely N-dealkylation sites (N-methyl/N-ethyl adjacent to an activating group) is 1. The van der Waals surface area contributed by atoms with Crippen molar-refractivity contribution in [3.63, 3.8) is 0 Å². The van der Waals surface area contributed by atoms with E-state index in [4.69, 9.17) is 4.74 Å². The minimum Gasteiger partial charge on any atom is -0.468 e. The topological polar surface area (TPSA) is 41.6 Å². The first-order valence-corrected chi connectivity index (χ1v) is 8.57. The molecule has 4 heteroatoms. The van der Waals surface area contributed by atoms with Crippen LogP contribution in [0.2, 0.25) is 0 Å². The Morgan fingerprint density at radius 2 is 2.10 bits per heavy atom. The molecule has 0 spiro atoms. The van der Waals surface area contributed by atoms with Gasteiger partial charge in [0, 0.05) is 12.1 Å². The van der Waals surface area contributed by atoms with Gasteiger partial charge in [-0.15, -0.1) is 0 Å². The molecular formula is C17H32N2O2. The number of ether oxygens (including phenoxy) is 1. The Balaban J connectivity index is 2.00. The quantitative estimate of drug-likeness (QED) is 0.792. The zero-order valence-corrected chi connectivity index (χ0v) is 14.2. The fraction of sp³-hybridized carbons (Fsp3) is 0.941. The van der Waals surface area contributed by atoms with E-state index in [0.29, 0.717) is 12.1 Å². The summed E-state index contributed by atoms with van der Waals surface area (Å²) in [6.07, 6.45) is 8.20. The molecule has 21 heavy (non-hydrogen) atoms. The molecule has 2 aliphatic rings. The lowest BCUT2D eigenvalue weighted by Crippen LogP contribution is -2.52. The van der Waals surface area contributed by atoms with Crippen LogP contribution in [0.15, 0.2) is 0 Å². The number of nitrogens with zero attached hydrogens (tertiary/aromatic N) is 1. The summed E-state index contributed by atoms with van der Waals surface area (Å²) >= 11 is 0. The molecule has 0 aromatic heterocycles. The van der Waals surface area contributed by atoms with Crippen LogP contribution in [0.1, 0.15) is 58.8 Å². The molecule has 0 bridgehead atoms. The van der Waals surface area contributed by atoms with Crippen molar-refractivity contribution in [1.82, 2.24) is 10.2 Å². The minimum atomic E-state index is -0.456. The van der Waals surface area contributed by atoms with Crippen LogP contribution in [-0.4, -0.2) is 49.2 Å². The first kappa shape index (κ1) is 16.8. The Bertz CT molecular complexity index is 361. The second kappa shape index (κ2) is 7.10. The van der Waals surface area contributed by atoms with Crippen molar-refractivity contribution >= 4 is 5.97 Å². The average Bonchev–Trinajstić information content (AvgIpc) is 2.91. The average molecular weight is 296 g/mol. The largest absolute Gasteiger partial charge is 0.468 e. The molecule has 0 amide bonds. The molecular weight excluding hydrogens is 264 g/mol. The van der Waals surface area contributed by atoms with Crippen molar-refractivity contribution < 1.29 is 9.53 Å². The summed E-state index contributed by atoms with van der Waals surface area (Å²) in [4.78, 5) is 14.8. The van der Waals surface area contributed by atoms with E-state index in [-0.39, 0.29) is 5.97 Å². The second-order valence-electron chi connectivity index (χ2n) is 7.09. The molecule has 0 aliphatic heterocycles. The van der Waals surface area contributed by atoms with Crippen LogP contribution >= 0.6 is 0 Å². The highest BCUT2D eigenvalue weighted by atomic mass is 16.5. The van der Waals surface area contributed by atoms with Crippen LogP contribution < -0.4 is 5.32 Å². The van der Waals surface area contributed by atoms with Gasteiger partial charge in [-0.1, -0.05) is 26.7 Å². The van der Waals surface area contributed by atoms with Gasteiger partial charge in [-0.25, -0.2) is 0 Å². The summed E-state index contributed by atoms with van der Waals surface area (Å²) < 4.78 is 5.06. The molecule has 0 aromatic rings. The number of methoxy groups -OCH3 is 1. The third kappa shape index (κ3) is 3.59. The maximum atomic E-state index is 12.2. The molecule has 0 radical (unpaired) electrons. The van der Waals surface area contributed by atoms with Gasteiger partial charge in [-0.2, -0.15) is 0 Å². The highest BCUT2D eigenvalue weighted by Crippen LogP contribution is 2.37. The zero-order valence-electron chi connectivity index (χ0n) is 14.2. The predicted octanol–water partition coefficient (Wildman–Crippen LogP) is 2.57. The molecule has 122 valence electrons. The van der Waals surface area contributed by atoms with Crippen LogP contribution in [0.4, 0.5) is 0 Å². The van der Waals surface area contributed by atoms with Gasteiger partial charge in [-0.05, 0) is 51.6 Å². The number of hydrogen-bond donors (Lipinski definition) is 1. The van der Waals surface area contributed by atoms with E-state index < -0.39 is 5.54 Å². The molecule has 2 rings (SSSR count). The number of nitrogens with one attached hydrogen (secondary N) is 1. The first-order chi connectivity index (χ1) is 10.0. The maximum Gasteiger partial charge on any atom is 0.326 e. The lowest BCUT2D eigenvalue weighted by molar-refractivity contribution is -0.148. The molecule has 4 nitrogen and oxygen atoms in total. The van der Waals surface area contributed by atoms with E-state index in [1.165, 1.54) is 32.8 Å². The van der Waals surface area contributed by atoms with Crippen molar-refractivity contribution in [2.75, 3.05) is 20.7 Å². The van der Waals surface area contributed by atoms with Gasteiger partial charge in [0.15, 0.2) is 0 Å². The number of rotatable bonds is 5. The Morgan fingerprint density at radius 3 is 2.71 bits per heavy atom. The van der Waals surface area contributed by atoms with Crippen molar-refractivity contribution in [3.05, 3.63) is 0 Å². The third-order valence-corrected chi connectivity index (χ3v) is 5.64. The Labute approximate surface area is 129 Å². The summed E-state index contributed by atoms with van der Waals surface area (Å²) in [7, 11) is 3.76. The van der Waals surface area contributed by atoms with Gasteiger partial charge in [0.1, 0.15) is 5.54 Å². The molecule has 2 aliphatic carbocycles. The van der Waals surface area contributed by atoms with E-state index in [1.807, 2.05) is 0 Å². The van der Waals surface area contributed by atoms with Crippen molar-refractivity contribution in [2.45, 2.75) is 76.4 Å². The number of esters is 1. The predicted molar refractivity (Wildman–Crippen MR) is 85.2 cm³/mol. The number of hydrogen-bond acceptors (Lipinski definition) is 4. The van der Waals surface area contributed by atoms with Gasteiger partial charge in [0.25, 0.3) is 0 Å². The van der Waals surface area contributed by atoms with Gasteiger partial charge in [0.05, 0.1) is 7.11 Å². The van der Waals surface area contributed by atoms with Crippen LogP contribution in [0.5, 0.6) is 0 Å². The van der Waals surface area contributed by atoms with Crippen LogP contribution in [0.25, 0.3) is 0 Å². The summed E-state index contributed by atoms with van der Waals surface area (Å²) in [5.41, 5.74) is -0.456. The Morgan fingerprint density at radius 1 is 1.33 bits per heavy atom. The fourth-order valence-electron chi connectivity index (χ4n) is 4.39. The Kier molecular flexibility index (Phi) is 5.67. The van der Waals surface area contributed by atoms with E-state index >= 15 is 0 Å². The highest BCUT2D eigenvalue weighted by molar-refractivity contribution is 5.81. The smallest absolute Gasteiger partial charge is 0.326 e. The fourth-order valence-corrected chi connectivity index (χ4v) is 4.39. The SMILES string of the molecule is CCNC1(C(=O)OC)CCC(N(C)C2CCCC(C)C2)C1. The minimum absolute atomic E-state index is 0.0859. The van der Waals surface area contributed by atoms with Crippen molar-refractivity contribution in [3.8, 4) is 0 Å². The Hall–Kier alpha value is -0.610. The molecule has 1 N–H and O–H groups in total. The molecule has 0 heterocycles. The molecule has 4 atom stereocenters. The van der Waals surface area contributed by atoms with Crippen LogP contribution in [0, 0.1) is 5.92 Å². The van der Waals surface area contributed by atoms with Gasteiger partial charge < -0.3 is 15.0 Å². The summed E-state index contributed by atoms with van der Waals surface area (Å²) in [5.74, 6) is 0.754. The summed E-state index contributed by atoms with van der Waals surface area (Å²) in [6, 6.07) is 1.19. The molecule has 2 fully saturated rings. The van der Waals surface area contributed by atoms with E-state index in [0.717, 1.165) is 31.7 Å². The molecule has 0 saturated heterocycles. The maximum absolute atomic E-state index is 12.2. The normalized spacial score (nSPS) is 36.9. The molecule has 4 unspecified atom stereocenters. The van der Waals surface area contributed by atoms with E-state index in [2.05, 4.69) is 31.1 Å². The molecule has 0 aromatic carbocycles. The van der Waals surface area contributed by atoms with E-state index in [9.17, 15) is 4.79 Å². The first-order valence-electron chi connectivity index (χ1n) is 8.57. The van der Waals surface area contributed by atoms with E-state index in [1.54, 1.807) is 0 Å². The van der Waals surface area contributed by atoms with Crippen molar-refractivity contribution in [1.29, 1.82) is 0 Å². The lowest BCUT2D eigenvalue weighted by Gasteiger charge is -2.38. The van der Waals surface area contributed by atoms with Gasteiger partial charge in [-0.3, -0.25) is 4.79 Å². The molecule has 2 saturated carbocycles. The summed E-state index contributed by atoms with van der Waals surface area (Å²) in [5, 5.41) is 3.40. The summed E-state index contributed by atoms with van der Waals surface area (Å²) in [6.45, 7) is 5.24. The zero-order chi connectivity index (χ0) is 15.5. The van der Waals surface area contributed by atoms with Crippen molar-refractivity contribution in [2.24, 2.45) is 5.92 Å². The highest BCUT2D eigenvalue weighted by Gasteiger charge is 2.47.